The number of thiocarbonyl (C=S) groups is 1. The predicted octanol–water partition coefficient (Wildman–Crippen LogP) is 3.25. The van der Waals surface area contributed by atoms with Gasteiger partial charge in [-0.3, -0.25) is 4.68 Å². The number of benzene rings is 1. The molecule has 152 valence electrons. The maximum atomic E-state index is 11.8. The van der Waals surface area contributed by atoms with E-state index < -0.39 is 9.84 Å². The highest BCUT2D eigenvalue weighted by Gasteiger charge is 2.31. The molecule has 3 rings (SSSR count). The summed E-state index contributed by atoms with van der Waals surface area (Å²) in [5, 5.41) is 8.58. The van der Waals surface area contributed by atoms with Crippen LogP contribution < -0.4 is 5.32 Å². The Labute approximate surface area is 172 Å². The molecule has 1 aromatic carbocycles. The zero-order chi connectivity index (χ0) is 20.5. The third-order valence-electron chi connectivity index (χ3n) is 5.36. The van der Waals surface area contributed by atoms with Gasteiger partial charge in [0.25, 0.3) is 0 Å². The van der Waals surface area contributed by atoms with Gasteiger partial charge in [-0.15, -0.1) is 0 Å². The number of anilines is 1. The van der Waals surface area contributed by atoms with Crippen LogP contribution in [-0.4, -0.2) is 46.8 Å². The summed E-state index contributed by atoms with van der Waals surface area (Å²) in [6.07, 6.45) is 1.61. The van der Waals surface area contributed by atoms with Gasteiger partial charge in [-0.05, 0) is 56.6 Å². The Hall–Kier alpha value is -1.93. The second-order valence-corrected chi connectivity index (χ2v) is 10.1. The van der Waals surface area contributed by atoms with Crippen LogP contribution in [0.1, 0.15) is 41.9 Å². The summed E-state index contributed by atoms with van der Waals surface area (Å²) >= 11 is 5.58. The van der Waals surface area contributed by atoms with Gasteiger partial charge in [0.15, 0.2) is 14.9 Å². The molecule has 1 aliphatic heterocycles. The van der Waals surface area contributed by atoms with Crippen molar-refractivity contribution in [1.82, 2.24) is 14.7 Å². The molecule has 1 saturated heterocycles. The quantitative estimate of drug-likeness (QED) is 0.749. The molecule has 2 heterocycles. The summed E-state index contributed by atoms with van der Waals surface area (Å²) < 4.78 is 25.6. The third kappa shape index (κ3) is 4.55. The topological polar surface area (TPSA) is 67.2 Å². The molecule has 28 heavy (non-hydrogen) atoms. The molecule has 6 nitrogen and oxygen atoms in total. The first-order valence-corrected chi connectivity index (χ1v) is 11.8. The van der Waals surface area contributed by atoms with E-state index >= 15 is 0 Å². The first-order valence-electron chi connectivity index (χ1n) is 9.56. The molecule has 1 aromatic heterocycles. The molecule has 0 bridgehead atoms. The van der Waals surface area contributed by atoms with E-state index in [0.29, 0.717) is 18.1 Å². The van der Waals surface area contributed by atoms with Gasteiger partial charge in [-0.25, -0.2) is 8.42 Å². The maximum Gasteiger partial charge on any atom is 0.173 e. The highest BCUT2D eigenvalue weighted by atomic mass is 32.2. The Bertz CT molecular complexity index is 982. The van der Waals surface area contributed by atoms with Crippen LogP contribution in [0.25, 0.3) is 0 Å². The first kappa shape index (κ1) is 20.8. The zero-order valence-corrected chi connectivity index (χ0v) is 18.5. The molecule has 0 amide bonds. The standard InChI is InChI=1S/C20H28N4O2S2/c1-5-16-7-6-8-17(11-16)21-20(27)23(4)12-19-14(2)22-24(15(19)3)18-9-10-28(25,26)13-18/h6-8,11,18H,5,9-10,12-13H2,1-4H3,(H,21,27)/t18-/m1/s1. The SMILES string of the molecule is CCc1cccc(NC(=S)N(C)Cc2c(C)nn([C@@H]3CCS(=O)(=O)C3)c2C)c1. The summed E-state index contributed by atoms with van der Waals surface area (Å²) in [6, 6.07) is 8.17. The van der Waals surface area contributed by atoms with Crippen LogP contribution in [0.5, 0.6) is 0 Å². The molecule has 1 N–H and O–H groups in total. The molecule has 1 fully saturated rings. The minimum atomic E-state index is -2.94. The number of aryl methyl sites for hydroxylation is 2. The van der Waals surface area contributed by atoms with E-state index in [1.807, 2.05) is 42.6 Å². The molecular weight excluding hydrogens is 392 g/mol. The average molecular weight is 421 g/mol. The first-order chi connectivity index (χ1) is 13.2. The molecule has 8 heteroatoms. The van der Waals surface area contributed by atoms with E-state index in [9.17, 15) is 8.42 Å². The predicted molar refractivity (Wildman–Crippen MR) is 118 cm³/mol. The van der Waals surface area contributed by atoms with Crippen LogP contribution in [0.3, 0.4) is 0 Å². The molecule has 1 aliphatic rings. The number of aromatic nitrogens is 2. The van der Waals surface area contributed by atoms with Crippen molar-refractivity contribution >= 4 is 32.9 Å². The lowest BCUT2D eigenvalue weighted by Gasteiger charge is -2.22. The highest BCUT2D eigenvalue weighted by molar-refractivity contribution is 7.91. The van der Waals surface area contributed by atoms with Crippen molar-refractivity contribution in [2.75, 3.05) is 23.9 Å². The molecule has 0 unspecified atom stereocenters. The number of hydrogen-bond donors (Lipinski definition) is 1. The monoisotopic (exact) mass is 420 g/mol. The summed E-state index contributed by atoms with van der Waals surface area (Å²) in [6.45, 7) is 6.73. The van der Waals surface area contributed by atoms with Crippen LogP contribution in [0.2, 0.25) is 0 Å². The molecule has 1 atom stereocenters. The van der Waals surface area contributed by atoms with Gasteiger partial charge >= 0.3 is 0 Å². The second kappa shape index (κ2) is 8.21. The molecule has 0 radical (unpaired) electrons. The number of sulfone groups is 1. The summed E-state index contributed by atoms with van der Waals surface area (Å²) in [5.41, 5.74) is 5.27. The molecule has 2 aromatic rings. The van der Waals surface area contributed by atoms with E-state index in [0.717, 1.165) is 29.1 Å². The van der Waals surface area contributed by atoms with Crippen molar-refractivity contribution in [3.05, 3.63) is 46.8 Å². The third-order valence-corrected chi connectivity index (χ3v) is 7.52. The van der Waals surface area contributed by atoms with Gasteiger partial charge in [0.1, 0.15) is 0 Å². The normalized spacial score (nSPS) is 18.2. The van der Waals surface area contributed by atoms with Crippen molar-refractivity contribution < 1.29 is 8.42 Å². The lowest BCUT2D eigenvalue weighted by Crippen LogP contribution is -2.31. The Morgan fingerprint density at radius 3 is 2.79 bits per heavy atom. The van der Waals surface area contributed by atoms with E-state index in [-0.39, 0.29) is 17.5 Å². The minimum Gasteiger partial charge on any atom is -0.348 e. The number of rotatable bonds is 5. The Kier molecular flexibility index (Phi) is 6.09. The largest absolute Gasteiger partial charge is 0.348 e. The van der Waals surface area contributed by atoms with E-state index in [1.54, 1.807) is 0 Å². The fourth-order valence-corrected chi connectivity index (χ4v) is 5.52. The van der Waals surface area contributed by atoms with E-state index in [4.69, 9.17) is 12.2 Å². The van der Waals surface area contributed by atoms with E-state index in [1.165, 1.54) is 5.56 Å². The van der Waals surface area contributed by atoms with Crippen LogP contribution >= 0.6 is 12.2 Å². The second-order valence-electron chi connectivity index (χ2n) is 7.49. The fourth-order valence-electron chi connectivity index (χ4n) is 3.65. The lowest BCUT2D eigenvalue weighted by molar-refractivity contribution is 0.479. The highest BCUT2D eigenvalue weighted by Crippen LogP contribution is 2.27. The number of nitrogens with one attached hydrogen (secondary N) is 1. The van der Waals surface area contributed by atoms with Crippen molar-refractivity contribution in [3.63, 3.8) is 0 Å². The van der Waals surface area contributed by atoms with Gasteiger partial charge < -0.3 is 10.2 Å². The molecule has 0 saturated carbocycles. The lowest BCUT2D eigenvalue weighted by atomic mass is 10.1. The van der Waals surface area contributed by atoms with Crippen molar-refractivity contribution in [3.8, 4) is 0 Å². The van der Waals surface area contributed by atoms with E-state index in [2.05, 4.69) is 29.5 Å². The summed E-state index contributed by atoms with van der Waals surface area (Å²) in [5.74, 6) is 0.425. The average Bonchev–Trinajstić information content (AvgIpc) is 3.15. The number of hydrogen-bond acceptors (Lipinski definition) is 4. The van der Waals surface area contributed by atoms with Gasteiger partial charge in [0.05, 0.1) is 23.2 Å². The smallest absolute Gasteiger partial charge is 0.173 e. The van der Waals surface area contributed by atoms with Crippen LogP contribution in [0.4, 0.5) is 5.69 Å². The molecule has 0 aliphatic carbocycles. The van der Waals surface area contributed by atoms with Crippen LogP contribution in [0, 0.1) is 13.8 Å². The maximum absolute atomic E-state index is 11.8. The number of nitrogens with zero attached hydrogens (tertiary/aromatic N) is 3. The fraction of sp³-hybridized carbons (Fsp3) is 0.500. The Balaban J connectivity index is 1.71. The summed E-state index contributed by atoms with van der Waals surface area (Å²) in [7, 11) is -0.989. The van der Waals surface area contributed by atoms with Gasteiger partial charge in [0.2, 0.25) is 0 Å². The van der Waals surface area contributed by atoms with Crippen molar-refractivity contribution in [2.24, 2.45) is 0 Å². The van der Waals surface area contributed by atoms with Crippen molar-refractivity contribution in [1.29, 1.82) is 0 Å². The minimum absolute atomic E-state index is 0.0652. The zero-order valence-electron chi connectivity index (χ0n) is 16.9. The summed E-state index contributed by atoms with van der Waals surface area (Å²) in [4.78, 5) is 1.99. The Morgan fingerprint density at radius 1 is 1.39 bits per heavy atom. The van der Waals surface area contributed by atoms with Crippen LogP contribution in [0.15, 0.2) is 24.3 Å². The van der Waals surface area contributed by atoms with Gasteiger partial charge in [-0.2, -0.15) is 5.10 Å². The Morgan fingerprint density at radius 2 is 2.14 bits per heavy atom. The van der Waals surface area contributed by atoms with Gasteiger partial charge in [0, 0.05) is 30.5 Å². The molecular formula is C20H28N4O2S2. The van der Waals surface area contributed by atoms with Crippen LogP contribution in [-0.2, 0) is 22.8 Å². The van der Waals surface area contributed by atoms with Gasteiger partial charge in [-0.1, -0.05) is 19.1 Å². The van der Waals surface area contributed by atoms with Crippen molar-refractivity contribution in [2.45, 2.75) is 46.2 Å². The molecule has 0 spiro atoms.